The Morgan fingerprint density at radius 3 is 0.815 bits per heavy atom. The third kappa shape index (κ3) is 22.2. The van der Waals surface area contributed by atoms with Gasteiger partial charge in [0.15, 0.2) is 0 Å². The van der Waals surface area contributed by atoms with E-state index in [1.165, 1.54) is 148 Å². The first-order chi connectivity index (χ1) is 13.3. The first-order valence-corrected chi connectivity index (χ1v) is 13.3. The van der Waals surface area contributed by atoms with Crippen molar-refractivity contribution in [2.45, 2.75) is 168 Å². The molecule has 27 heavy (non-hydrogen) atoms. The number of hydrogen-bond donors (Lipinski definition) is 0. The Morgan fingerprint density at radius 2 is 0.519 bits per heavy atom. The zero-order chi connectivity index (χ0) is 19.8. The lowest BCUT2D eigenvalue weighted by molar-refractivity contribution is 0.366. The second-order valence-corrected chi connectivity index (χ2v) is 9.24. The topological polar surface area (TPSA) is 0 Å². The van der Waals surface area contributed by atoms with Gasteiger partial charge in [0.25, 0.3) is 0 Å². The van der Waals surface area contributed by atoms with E-state index in [0.29, 0.717) is 0 Å². The van der Waals surface area contributed by atoms with Crippen LogP contribution < -0.4 is 0 Å². The number of rotatable bonds is 23. The average Bonchev–Trinajstić information content (AvgIpc) is 2.68. The van der Waals surface area contributed by atoms with Crippen LogP contribution in [0.3, 0.4) is 0 Å². The zero-order valence-electron chi connectivity index (χ0n) is 19.8. The second kappa shape index (κ2) is 24.0. The van der Waals surface area contributed by atoms with Gasteiger partial charge in [-0.1, -0.05) is 168 Å². The van der Waals surface area contributed by atoms with Crippen molar-refractivity contribution in [2.24, 2.45) is 5.92 Å². The van der Waals surface area contributed by atoms with Crippen LogP contribution in [0.1, 0.15) is 168 Å². The smallest absolute Gasteiger partial charge is 0.0414 e. The summed E-state index contributed by atoms with van der Waals surface area (Å²) in [6.07, 6.45) is 33.8. The fraction of sp³-hybridized carbons (Fsp3) is 1.00. The van der Waals surface area contributed by atoms with E-state index in [2.05, 4.69) is 20.8 Å². The molecule has 1 unspecified atom stereocenters. The van der Waals surface area contributed by atoms with Gasteiger partial charge in [-0.3, -0.25) is 0 Å². The Morgan fingerprint density at radius 1 is 0.296 bits per heavy atom. The van der Waals surface area contributed by atoms with Crippen LogP contribution in [0.2, 0.25) is 0 Å². The molecule has 0 aromatic heterocycles. The molecule has 0 rings (SSSR count). The van der Waals surface area contributed by atoms with Gasteiger partial charge in [0.05, 0.1) is 0 Å². The normalized spacial score (nSPS) is 12.6. The molecular weight excluding hydrogens is 324 g/mol. The molecule has 0 heteroatoms. The number of hydrogen-bond acceptors (Lipinski definition) is 0. The van der Waals surface area contributed by atoms with E-state index in [1.807, 2.05) is 0 Å². The molecule has 0 aliphatic carbocycles. The van der Waals surface area contributed by atoms with Crippen molar-refractivity contribution in [3.05, 3.63) is 0 Å². The largest absolute Gasteiger partial charge is 0.0654 e. The molecule has 0 heterocycles. The summed E-state index contributed by atoms with van der Waals surface area (Å²) in [5.74, 6) is 1.04. The van der Waals surface area contributed by atoms with E-state index in [4.69, 9.17) is 0 Å². The molecular formula is C27H56. The first-order valence-electron chi connectivity index (χ1n) is 13.3. The molecule has 0 aliphatic rings. The van der Waals surface area contributed by atoms with Gasteiger partial charge in [0.1, 0.15) is 0 Å². The van der Waals surface area contributed by atoms with Crippen LogP contribution in [0, 0.1) is 5.92 Å². The molecule has 0 N–H and O–H groups in total. The summed E-state index contributed by atoms with van der Waals surface area (Å²) in [7, 11) is 0. The van der Waals surface area contributed by atoms with E-state index in [-0.39, 0.29) is 0 Å². The lowest BCUT2D eigenvalue weighted by Crippen LogP contribution is -2.01. The molecule has 0 amide bonds. The van der Waals surface area contributed by atoms with Crippen LogP contribution in [0.5, 0.6) is 0 Å². The molecule has 0 radical (unpaired) electrons. The maximum atomic E-state index is 2.33. The van der Waals surface area contributed by atoms with Crippen molar-refractivity contribution in [1.82, 2.24) is 0 Å². The highest BCUT2D eigenvalue weighted by atomic mass is 14.1. The Balaban J connectivity index is 3.61. The van der Waals surface area contributed by atoms with E-state index < -0.39 is 0 Å². The molecule has 0 nitrogen and oxygen atoms in total. The van der Waals surface area contributed by atoms with E-state index in [0.717, 1.165) is 5.92 Å². The Bertz CT molecular complexity index is 244. The van der Waals surface area contributed by atoms with Crippen LogP contribution in [0.4, 0.5) is 0 Å². The minimum absolute atomic E-state index is 1.04. The van der Waals surface area contributed by atoms with Crippen molar-refractivity contribution >= 4 is 0 Å². The maximum absolute atomic E-state index is 2.33. The quantitative estimate of drug-likeness (QED) is 0.155. The monoisotopic (exact) mass is 380 g/mol. The molecule has 0 aromatic rings. The van der Waals surface area contributed by atoms with E-state index >= 15 is 0 Å². The average molecular weight is 381 g/mol. The Kier molecular flexibility index (Phi) is 24.0. The van der Waals surface area contributed by atoms with Gasteiger partial charge in [0.2, 0.25) is 0 Å². The summed E-state index contributed by atoms with van der Waals surface area (Å²) in [4.78, 5) is 0. The molecule has 1 atom stereocenters. The van der Waals surface area contributed by atoms with Gasteiger partial charge in [-0.15, -0.1) is 0 Å². The SMILES string of the molecule is CCCCCCCCCCCCCC(CCCCCC)CCCCCCC. The third-order valence-corrected chi connectivity index (χ3v) is 6.40. The van der Waals surface area contributed by atoms with Crippen molar-refractivity contribution in [2.75, 3.05) is 0 Å². The van der Waals surface area contributed by atoms with Crippen molar-refractivity contribution in [1.29, 1.82) is 0 Å². The summed E-state index contributed by atoms with van der Waals surface area (Å²) >= 11 is 0. The summed E-state index contributed by atoms with van der Waals surface area (Å²) in [5.41, 5.74) is 0. The molecule has 164 valence electrons. The predicted molar refractivity (Wildman–Crippen MR) is 127 cm³/mol. The molecule has 0 aliphatic heterocycles. The van der Waals surface area contributed by atoms with Gasteiger partial charge in [-0.2, -0.15) is 0 Å². The van der Waals surface area contributed by atoms with Crippen LogP contribution in [0.15, 0.2) is 0 Å². The van der Waals surface area contributed by atoms with Crippen LogP contribution >= 0.6 is 0 Å². The van der Waals surface area contributed by atoms with Crippen LogP contribution in [-0.2, 0) is 0 Å². The predicted octanol–water partition coefficient (Wildman–Crippen LogP) is 10.6. The fourth-order valence-corrected chi connectivity index (χ4v) is 4.43. The van der Waals surface area contributed by atoms with Crippen LogP contribution in [-0.4, -0.2) is 0 Å². The number of unbranched alkanes of at least 4 members (excludes halogenated alkanes) is 17. The van der Waals surface area contributed by atoms with Crippen molar-refractivity contribution < 1.29 is 0 Å². The standard InChI is InChI=1S/C27H56/c1-4-7-10-13-14-15-16-17-18-20-23-26-27(24-21-12-9-6-3)25-22-19-11-8-5-2/h27H,4-26H2,1-3H3. The molecule has 0 aromatic carbocycles. The summed E-state index contributed by atoms with van der Waals surface area (Å²) in [5, 5.41) is 0. The third-order valence-electron chi connectivity index (χ3n) is 6.40. The Hall–Kier alpha value is 0. The fourth-order valence-electron chi connectivity index (χ4n) is 4.43. The summed E-state index contributed by atoms with van der Waals surface area (Å²) in [6.45, 7) is 6.96. The minimum Gasteiger partial charge on any atom is -0.0654 e. The summed E-state index contributed by atoms with van der Waals surface area (Å²) in [6, 6.07) is 0. The van der Waals surface area contributed by atoms with Gasteiger partial charge < -0.3 is 0 Å². The minimum atomic E-state index is 1.04. The zero-order valence-corrected chi connectivity index (χ0v) is 19.8. The molecule has 0 bridgehead atoms. The molecule has 0 saturated heterocycles. The molecule has 0 saturated carbocycles. The van der Waals surface area contributed by atoms with Gasteiger partial charge in [0, 0.05) is 0 Å². The van der Waals surface area contributed by atoms with E-state index in [1.54, 1.807) is 0 Å². The first kappa shape index (κ1) is 27.0. The van der Waals surface area contributed by atoms with Crippen molar-refractivity contribution in [3.63, 3.8) is 0 Å². The highest BCUT2D eigenvalue weighted by Crippen LogP contribution is 2.24. The van der Waals surface area contributed by atoms with Gasteiger partial charge in [-0.05, 0) is 5.92 Å². The lowest BCUT2D eigenvalue weighted by Gasteiger charge is -2.17. The van der Waals surface area contributed by atoms with E-state index in [9.17, 15) is 0 Å². The maximum Gasteiger partial charge on any atom is -0.0414 e. The van der Waals surface area contributed by atoms with Gasteiger partial charge in [-0.25, -0.2) is 0 Å². The lowest BCUT2D eigenvalue weighted by atomic mass is 9.89. The van der Waals surface area contributed by atoms with Gasteiger partial charge >= 0.3 is 0 Å². The molecule has 0 fully saturated rings. The van der Waals surface area contributed by atoms with Crippen molar-refractivity contribution in [3.8, 4) is 0 Å². The highest BCUT2D eigenvalue weighted by Gasteiger charge is 2.08. The summed E-state index contributed by atoms with van der Waals surface area (Å²) < 4.78 is 0. The second-order valence-electron chi connectivity index (χ2n) is 9.24. The molecule has 0 spiro atoms. The van der Waals surface area contributed by atoms with Crippen LogP contribution in [0.25, 0.3) is 0 Å². The Labute approximate surface area is 174 Å². The highest BCUT2D eigenvalue weighted by molar-refractivity contribution is 4.62.